The second kappa shape index (κ2) is 33.5. The van der Waals surface area contributed by atoms with E-state index in [-0.39, 0.29) is 32.5 Å². The van der Waals surface area contributed by atoms with Gasteiger partial charge in [-0.25, -0.2) is 59.8 Å². The van der Waals surface area contributed by atoms with Crippen molar-refractivity contribution in [1.29, 1.82) is 0 Å². The fourth-order valence-electron chi connectivity index (χ4n) is 12.0. The number of piperazine rings is 2. The molecule has 1 aliphatic carbocycles. The van der Waals surface area contributed by atoms with Gasteiger partial charge >= 0.3 is 0 Å². The minimum absolute atomic E-state index is 0.0293. The zero-order chi connectivity index (χ0) is 72.3. The summed E-state index contributed by atoms with van der Waals surface area (Å²) in [5, 5.41) is 0.741. The summed E-state index contributed by atoms with van der Waals surface area (Å²) in [6.07, 6.45) is 13.0. The van der Waals surface area contributed by atoms with Crippen molar-refractivity contribution in [3.8, 4) is 0 Å². The van der Waals surface area contributed by atoms with Crippen LogP contribution in [0.3, 0.4) is 0 Å². The summed E-state index contributed by atoms with van der Waals surface area (Å²) in [4.78, 5) is 66.8. The number of morpholine rings is 1. The van der Waals surface area contributed by atoms with Gasteiger partial charge in [-0.2, -0.15) is 0 Å². The summed E-state index contributed by atoms with van der Waals surface area (Å²) in [6.45, 7) is 59.8. The first-order valence-electron chi connectivity index (χ1n) is 36.2. The van der Waals surface area contributed by atoms with E-state index >= 15 is 0 Å². The molecule has 2 N–H and O–H groups in total. The molecule has 100 heavy (non-hydrogen) atoms. The van der Waals surface area contributed by atoms with Gasteiger partial charge in [-0.3, -0.25) is 14.7 Å². The highest BCUT2D eigenvalue weighted by atomic mass is 32.2. The van der Waals surface area contributed by atoms with E-state index in [0.29, 0.717) is 23.3 Å². The summed E-state index contributed by atoms with van der Waals surface area (Å²) in [7, 11) is 0. The van der Waals surface area contributed by atoms with Gasteiger partial charge in [0.1, 0.15) is 54.9 Å². The third-order valence-corrected chi connectivity index (χ3v) is 19.7. The number of aromatic nitrogens is 12. The Labute approximate surface area is 602 Å². The first-order valence-corrected chi connectivity index (χ1v) is 37.4. The second-order valence-electron chi connectivity index (χ2n) is 34.1. The number of rotatable bonds is 9. The summed E-state index contributed by atoms with van der Waals surface area (Å²) in [5.41, 5.74) is 15.5. The molecule has 0 unspecified atom stereocenters. The van der Waals surface area contributed by atoms with Crippen LogP contribution in [0.15, 0.2) is 73.2 Å². The lowest BCUT2D eigenvalue weighted by Gasteiger charge is -2.55. The number of hydrogen-bond acceptors (Lipinski definition) is 24. The second-order valence-corrected chi connectivity index (χ2v) is 34.9. The lowest BCUT2D eigenvalue weighted by Crippen LogP contribution is -2.66. The number of ether oxygens (including phenoxy) is 4. The zero-order valence-electron chi connectivity index (χ0n) is 64.0. The molecular formula is C76H119N19O4S. The maximum absolute atomic E-state index is 5.67. The van der Waals surface area contributed by atoms with E-state index in [9.17, 15) is 0 Å². The molecule has 0 bridgehead atoms. The van der Waals surface area contributed by atoms with E-state index in [4.69, 9.17) is 24.7 Å². The van der Waals surface area contributed by atoms with Crippen molar-refractivity contribution < 1.29 is 18.9 Å². The number of nitrogens with two attached hydrogens (primary N) is 1. The van der Waals surface area contributed by atoms with Crippen LogP contribution in [-0.2, 0) is 58.0 Å². The van der Waals surface area contributed by atoms with Crippen LogP contribution in [0.1, 0.15) is 189 Å². The van der Waals surface area contributed by atoms with Crippen molar-refractivity contribution in [2.24, 2.45) is 5.41 Å². The molecule has 13 heterocycles. The monoisotopic (exact) mass is 1390 g/mol. The smallest absolute Gasteiger partial charge is 0.189 e. The fourth-order valence-corrected chi connectivity index (χ4v) is 12.4. The van der Waals surface area contributed by atoms with Crippen LogP contribution >= 0.6 is 11.8 Å². The highest BCUT2D eigenvalue weighted by molar-refractivity contribution is 7.98. The van der Waals surface area contributed by atoms with Gasteiger partial charge in [0.25, 0.3) is 0 Å². The highest BCUT2D eigenvalue weighted by Gasteiger charge is 2.49. The molecule has 14 rings (SSSR count). The molecule has 7 saturated heterocycles. The first-order chi connectivity index (χ1) is 47.1. The molecule has 8 aliphatic rings. The molecule has 0 atom stereocenters. The average molecular weight is 1390 g/mol. The van der Waals surface area contributed by atoms with Crippen LogP contribution in [0, 0.1) is 5.41 Å². The third-order valence-electron chi connectivity index (χ3n) is 19.1. The number of anilines is 4. The van der Waals surface area contributed by atoms with Gasteiger partial charge < -0.3 is 39.4 Å². The van der Waals surface area contributed by atoms with Gasteiger partial charge in [0.2, 0.25) is 0 Å². The molecule has 1 spiro atoms. The fraction of sp³-hybridized carbons (Fsp3) is 0.684. The van der Waals surface area contributed by atoms with Crippen molar-refractivity contribution in [1.82, 2.24) is 74.5 Å². The molecule has 6 aromatic heterocycles. The molecular weight excluding hydrogens is 1280 g/mol. The van der Waals surface area contributed by atoms with Gasteiger partial charge in [-0.1, -0.05) is 136 Å². The Kier molecular flexibility index (Phi) is 26.1. The molecule has 6 aromatic rings. The Balaban J connectivity index is 0.000000141. The van der Waals surface area contributed by atoms with E-state index in [1.54, 1.807) is 31.6 Å². The SMILES string of the molecule is CC(C)(C)c1cc(C2CC2)ncn1.CC(C)(C)c1cc(CN2CCOCC2)ncn1.CC(C)(C)c1cc(N2CC3(COC3)C2)ncn1.CC(C)(C)c1cc(N2CCN(C3COC3)CC2)ncn1.CC(C)(C)c1cc(N2CCN(C3COC3)CC2)ncn1.CSc1nc(N)cc(C(C)(C)C)n1. The lowest BCUT2D eigenvalue weighted by atomic mass is 9.78. The molecule has 23 nitrogen and oxygen atoms in total. The summed E-state index contributed by atoms with van der Waals surface area (Å²) in [5.74, 6) is 4.46. The molecule has 0 radical (unpaired) electrons. The largest absolute Gasteiger partial charge is 0.384 e. The molecule has 0 aromatic carbocycles. The zero-order valence-corrected chi connectivity index (χ0v) is 64.8. The number of hydrogen-bond donors (Lipinski definition) is 1. The van der Waals surface area contributed by atoms with Crippen LogP contribution in [0.4, 0.5) is 23.3 Å². The third kappa shape index (κ3) is 22.6. The van der Waals surface area contributed by atoms with Crippen LogP contribution in [0.2, 0.25) is 0 Å². The van der Waals surface area contributed by atoms with Crippen molar-refractivity contribution in [2.75, 3.05) is 158 Å². The number of nitrogens with zero attached hydrogens (tertiary/aromatic N) is 18. The summed E-state index contributed by atoms with van der Waals surface area (Å²) >= 11 is 1.51. The Morgan fingerprint density at radius 2 is 0.810 bits per heavy atom. The van der Waals surface area contributed by atoms with Crippen LogP contribution in [-0.4, -0.2) is 224 Å². The number of nitrogen functional groups attached to an aromatic ring is 1. The molecule has 0 amide bonds. The normalized spacial score (nSPS) is 19.4. The molecule has 1 saturated carbocycles. The minimum atomic E-state index is 0.0293. The predicted molar refractivity (Wildman–Crippen MR) is 401 cm³/mol. The van der Waals surface area contributed by atoms with E-state index in [1.165, 1.54) is 30.3 Å². The van der Waals surface area contributed by atoms with E-state index < -0.39 is 0 Å². The maximum Gasteiger partial charge on any atom is 0.189 e. The van der Waals surface area contributed by atoms with Gasteiger partial charge in [-0.15, -0.1) is 0 Å². The highest BCUT2D eigenvalue weighted by Crippen LogP contribution is 2.41. The van der Waals surface area contributed by atoms with Gasteiger partial charge in [-0.05, 0) is 31.2 Å². The Morgan fingerprint density at radius 3 is 1.18 bits per heavy atom. The van der Waals surface area contributed by atoms with E-state index in [2.05, 4.69) is 244 Å². The Bertz CT molecular complexity index is 3430. The number of thioether (sulfide) groups is 1. The van der Waals surface area contributed by atoms with Crippen molar-refractivity contribution in [3.63, 3.8) is 0 Å². The van der Waals surface area contributed by atoms with Crippen molar-refractivity contribution >= 4 is 35.0 Å². The molecule has 548 valence electrons. The molecule has 7 aliphatic heterocycles. The summed E-state index contributed by atoms with van der Waals surface area (Å²) < 4.78 is 21.2. The molecule has 8 fully saturated rings. The van der Waals surface area contributed by atoms with Gasteiger partial charge in [0, 0.05) is 165 Å². The standard InChI is InChI=1S/2C15H24N4O.C13H19N3O.C13H21N3O.C11H16N2.C9H15N3S/c2*1-15(2,3)13-8-14(17-11-16-13)19-6-4-18(5-7-19)12-9-20-10-12;1-12(2,3)10-4-11(15-9-14-10)16-5-13(6-16)7-17-8-13;1-13(2,3)12-8-11(14-10-15-12)9-16-4-6-17-7-5-16;1-11(2,3)10-6-9(8-4-5-8)12-7-13-10;1-9(2,3)6-5-7(10)12-8(11-6)13-4/h2*8,11-12H,4-7,9-10H2,1-3H3;4,9H,5-8H2,1-3H3;8,10H,4-7,9H2,1-3H3;6-8H,4-5H2,1-3H3;5H,1-4H3,(H2,10,11,12). The quantitative estimate of drug-likeness (QED) is 0.105. The summed E-state index contributed by atoms with van der Waals surface area (Å²) in [6, 6.07) is 13.8. The lowest BCUT2D eigenvalue weighted by molar-refractivity contribution is -0.127. The minimum Gasteiger partial charge on any atom is -0.384 e. The van der Waals surface area contributed by atoms with Crippen molar-refractivity contribution in [3.05, 3.63) is 114 Å². The van der Waals surface area contributed by atoms with Crippen molar-refractivity contribution in [2.45, 2.75) is 200 Å². The van der Waals surface area contributed by atoms with Gasteiger partial charge in [0.15, 0.2) is 5.16 Å². The Hall–Kier alpha value is -6.25. The average Bonchev–Trinajstić information content (AvgIpc) is 1.04. The first kappa shape index (κ1) is 77.9. The van der Waals surface area contributed by atoms with Crippen LogP contribution in [0.25, 0.3) is 0 Å². The van der Waals surface area contributed by atoms with Crippen LogP contribution < -0.4 is 20.4 Å². The van der Waals surface area contributed by atoms with E-state index in [1.807, 2.05) is 12.3 Å². The molecule has 24 heteroatoms. The maximum atomic E-state index is 5.67. The van der Waals surface area contributed by atoms with Gasteiger partial charge in [0.05, 0.1) is 98.8 Å². The predicted octanol–water partition coefficient (Wildman–Crippen LogP) is 10.5. The van der Waals surface area contributed by atoms with E-state index in [0.717, 1.165) is 206 Å². The van der Waals surface area contributed by atoms with Crippen LogP contribution in [0.5, 0.6) is 0 Å². The Morgan fingerprint density at radius 1 is 0.420 bits per heavy atom. The topological polar surface area (TPSA) is 237 Å².